The number of halogens is 1. The van der Waals surface area contributed by atoms with Crippen molar-refractivity contribution < 1.29 is 14.0 Å². The van der Waals surface area contributed by atoms with E-state index in [0.29, 0.717) is 42.3 Å². The molecule has 5 rings (SSSR count). The van der Waals surface area contributed by atoms with Crippen LogP contribution in [0.3, 0.4) is 0 Å². The van der Waals surface area contributed by atoms with Crippen LogP contribution in [0.4, 0.5) is 15.8 Å². The Morgan fingerprint density at radius 1 is 1.18 bits per heavy atom. The van der Waals surface area contributed by atoms with Gasteiger partial charge in [0.1, 0.15) is 13.4 Å². The summed E-state index contributed by atoms with van der Waals surface area (Å²) in [5, 5.41) is 6.49. The highest BCUT2D eigenvalue weighted by Crippen LogP contribution is 2.32. The van der Waals surface area contributed by atoms with E-state index < -0.39 is 11.7 Å². The first kappa shape index (κ1) is 26.8. The van der Waals surface area contributed by atoms with Crippen LogP contribution in [0.2, 0.25) is 0 Å². The number of anilines is 2. The van der Waals surface area contributed by atoms with E-state index in [0.717, 1.165) is 43.5 Å². The van der Waals surface area contributed by atoms with Gasteiger partial charge >= 0.3 is 0 Å². The van der Waals surface area contributed by atoms with Crippen molar-refractivity contribution in [3.63, 3.8) is 0 Å². The van der Waals surface area contributed by atoms with Crippen LogP contribution in [0, 0.1) is 18.7 Å². The Balaban J connectivity index is 1.32. The molecule has 3 N–H and O–H groups in total. The molecule has 2 radical (unpaired) electrons. The zero-order valence-electron chi connectivity index (χ0n) is 22.0. The van der Waals surface area contributed by atoms with E-state index in [2.05, 4.69) is 26.1 Å². The van der Waals surface area contributed by atoms with E-state index in [1.54, 1.807) is 36.8 Å². The summed E-state index contributed by atoms with van der Waals surface area (Å²) in [7, 11) is 5.88. The number of nitrogens with one attached hydrogen (secondary N) is 3. The highest BCUT2D eigenvalue weighted by molar-refractivity contribution is 6.32. The van der Waals surface area contributed by atoms with Crippen molar-refractivity contribution in [2.24, 2.45) is 5.92 Å². The summed E-state index contributed by atoms with van der Waals surface area (Å²) in [4.78, 5) is 27.2. The Labute approximate surface area is 228 Å². The normalized spacial score (nSPS) is 13.1. The molecule has 2 heterocycles. The molecule has 1 aliphatic carbocycles. The number of pyridine rings is 1. The van der Waals surface area contributed by atoms with Crippen molar-refractivity contribution in [2.45, 2.75) is 45.7 Å². The maximum atomic E-state index is 15.9. The molecule has 39 heavy (non-hydrogen) atoms. The fourth-order valence-electron chi connectivity index (χ4n) is 4.41. The van der Waals surface area contributed by atoms with Crippen LogP contribution in [-0.4, -0.2) is 41.4 Å². The van der Waals surface area contributed by atoms with Gasteiger partial charge in [-0.2, -0.15) is 0 Å². The Kier molecular flexibility index (Phi) is 8.53. The summed E-state index contributed by atoms with van der Waals surface area (Å²) in [6.45, 7) is 4.50. The van der Waals surface area contributed by atoms with Crippen LogP contribution in [0.25, 0.3) is 11.0 Å². The molecule has 0 bridgehead atoms. The molecule has 1 amide bonds. The molecular weight excluding hydrogens is 494 g/mol. The summed E-state index contributed by atoms with van der Waals surface area (Å²) >= 11 is 0. The molecule has 0 spiro atoms. The molecular formula is C29H32BFN6O2. The number of hydrogen-bond donors (Lipinski definition) is 3. The van der Waals surface area contributed by atoms with Gasteiger partial charge in [0.15, 0.2) is 5.82 Å². The van der Waals surface area contributed by atoms with Crippen molar-refractivity contribution in [3.05, 3.63) is 77.6 Å². The molecule has 0 saturated heterocycles. The van der Waals surface area contributed by atoms with Gasteiger partial charge in [0, 0.05) is 25.0 Å². The summed E-state index contributed by atoms with van der Waals surface area (Å²) in [5.41, 5.74) is 6.52. The van der Waals surface area contributed by atoms with Gasteiger partial charge in [0.05, 0.1) is 35.4 Å². The lowest BCUT2D eigenvalue weighted by atomic mass is 9.94. The van der Waals surface area contributed by atoms with Gasteiger partial charge in [-0.3, -0.25) is 14.6 Å². The first-order valence-electron chi connectivity index (χ1n) is 13.3. The van der Waals surface area contributed by atoms with Crippen LogP contribution in [-0.2, 0) is 17.9 Å². The van der Waals surface area contributed by atoms with E-state index in [4.69, 9.17) is 12.7 Å². The van der Waals surface area contributed by atoms with Gasteiger partial charge in [0.2, 0.25) is 0 Å². The van der Waals surface area contributed by atoms with Crippen molar-refractivity contribution in [1.29, 1.82) is 0 Å². The minimum atomic E-state index is -0.591. The van der Waals surface area contributed by atoms with E-state index in [-0.39, 0.29) is 16.8 Å². The van der Waals surface area contributed by atoms with Crippen LogP contribution >= 0.6 is 0 Å². The third-order valence-corrected chi connectivity index (χ3v) is 6.83. The number of imidazole rings is 1. The van der Waals surface area contributed by atoms with Crippen molar-refractivity contribution in [2.75, 3.05) is 18.5 Å². The number of unbranched alkanes of at least 4 members (excludes halogenated alkanes) is 1. The number of fused-ring (bicyclic) bond motifs is 1. The molecule has 1 aliphatic rings. The van der Waals surface area contributed by atoms with E-state index >= 15 is 4.39 Å². The number of aromatic nitrogens is 3. The highest BCUT2D eigenvalue weighted by Gasteiger charge is 2.25. The average Bonchev–Trinajstić information content (AvgIpc) is 3.67. The van der Waals surface area contributed by atoms with Crippen LogP contribution in [0.15, 0.2) is 55.0 Å². The quantitative estimate of drug-likeness (QED) is 0.138. The van der Waals surface area contributed by atoms with Gasteiger partial charge in [-0.15, -0.1) is 0 Å². The van der Waals surface area contributed by atoms with Crippen molar-refractivity contribution in [1.82, 2.24) is 25.3 Å². The molecule has 200 valence electrons. The summed E-state index contributed by atoms with van der Waals surface area (Å²) in [6, 6.07) is 12.8. The third-order valence-electron chi connectivity index (χ3n) is 6.83. The van der Waals surface area contributed by atoms with Crippen molar-refractivity contribution in [3.8, 4) is 0 Å². The number of hydroxylamine groups is 1. The second kappa shape index (κ2) is 12.4. The van der Waals surface area contributed by atoms with Crippen molar-refractivity contribution >= 4 is 41.6 Å². The average molecular weight is 526 g/mol. The predicted octanol–water partition coefficient (Wildman–Crippen LogP) is 4.06. The number of amides is 1. The number of hydrogen-bond acceptors (Lipinski definition) is 6. The van der Waals surface area contributed by atoms with Gasteiger partial charge in [0.25, 0.3) is 5.91 Å². The lowest BCUT2D eigenvalue weighted by Gasteiger charge is -2.16. The molecule has 2 aromatic carbocycles. The molecule has 1 fully saturated rings. The molecule has 8 nitrogen and oxygen atoms in total. The molecule has 1 saturated carbocycles. The summed E-state index contributed by atoms with van der Waals surface area (Å²) in [5.74, 6) is -0.634. The number of aryl methyl sites for hydroxylation is 2. The molecule has 0 aliphatic heterocycles. The first-order valence-corrected chi connectivity index (χ1v) is 13.3. The highest BCUT2D eigenvalue weighted by atomic mass is 19.1. The van der Waals surface area contributed by atoms with Gasteiger partial charge < -0.3 is 15.2 Å². The number of carbonyl (C=O) groups is 1. The molecule has 0 atom stereocenters. The summed E-state index contributed by atoms with van der Waals surface area (Å²) < 4.78 is 17.8. The SMILES string of the molecule is [B]c1ccc(Nc2c(C(=O)NOCC3CC3)cc3c(ncn3CCCCNCc3ccccn3)c2F)c(C)c1. The Morgan fingerprint density at radius 2 is 2.05 bits per heavy atom. The summed E-state index contributed by atoms with van der Waals surface area (Å²) in [6.07, 6.45) is 7.38. The van der Waals surface area contributed by atoms with Crippen LogP contribution < -0.4 is 21.6 Å². The van der Waals surface area contributed by atoms with E-state index in [1.165, 1.54) is 0 Å². The Hall–Kier alpha value is -3.76. The first-order chi connectivity index (χ1) is 19.0. The minimum absolute atomic E-state index is 0.0480. The smallest absolute Gasteiger partial charge is 0.277 e. The zero-order chi connectivity index (χ0) is 27.2. The molecule has 4 aromatic rings. The maximum Gasteiger partial charge on any atom is 0.277 e. The fraction of sp³-hybridized carbons (Fsp3) is 0.345. The maximum absolute atomic E-state index is 15.9. The largest absolute Gasteiger partial charge is 0.352 e. The second-order valence-electron chi connectivity index (χ2n) is 10.0. The fourth-order valence-corrected chi connectivity index (χ4v) is 4.41. The predicted molar refractivity (Wildman–Crippen MR) is 151 cm³/mol. The van der Waals surface area contributed by atoms with Gasteiger partial charge in [-0.1, -0.05) is 23.7 Å². The lowest BCUT2D eigenvalue weighted by molar-refractivity contribution is 0.0271. The topological polar surface area (TPSA) is 93.1 Å². The Bertz CT molecular complexity index is 1440. The monoisotopic (exact) mass is 526 g/mol. The Morgan fingerprint density at radius 3 is 2.82 bits per heavy atom. The second-order valence-corrected chi connectivity index (χ2v) is 10.0. The van der Waals surface area contributed by atoms with Crippen LogP contribution in [0.5, 0.6) is 0 Å². The van der Waals surface area contributed by atoms with E-state index in [9.17, 15) is 4.79 Å². The number of rotatable bonds is 13. The minimum Gasteiger partial charge on any atom is -0.352 e. The standard InChI is InChI=1S/C29H32BFN6O2/c1-19-14-21(30)9-10-24(19)35-27-23(29(38)36-39-17-20-7-8-20)15-25-28(26(27)31)34-18-37(25)13-5-4-11-32-16-22-6-2-3-12-33-22/h2-3,6,9-10,12,14-15,18,20,32,35H,4-5,7-8,11,13,16-17H2,1H3,(H,36,38). The van der Waals surface area contributed by atoms with Gasteiger partial charge in [-0.25, -0.2) is 14.9 Å². The molecule has 0 unspecified atom stereocenters. The number of benzene rings is 2. The number of nitrogens with zero attached hydrogens (tertiary/aromatic N) is 3. The number of carbonyl (C=O) groups excluding carboxylic acids is 1. The van der Waals surface area contributed by atoms with Gasteiger partial charge in [-0.05, 0) is 74.9 Å². The lowest BCUT2D eigenvalue weighted by Crippen LogP contribution is -2.26. The van der Waals surface area contributed by atoms with Crippen LogP contribution in [0.1, 0.15) is 47.3 Å². The molecule has 10 heteroatoms. The molecule has 2 aromatic heterocycles. The zero-order valence-corrected chi connectivity index (χ0v) is 22.0. The van der Waals surface area contributed by atoms with E-state index in [1.807, 2.05) is 29.7 Å². The third kappa shape index (κ3) is 6.82.